The van der Waals surface area contributed by atoms with E-state index >= 15 is 0 Å². The average molecular weight is 346 g/mol. The molecule has 1 aromatic heterocycles. The summed E-state index contributed by atoms with van der Waals surface area (Å²) in [7, 11) is 0. The fourth-order valence-electron chi connectivity index (χ4n) is 3.45. The Labute approximate surface area is 153 Å². The predicted molar refractivity (Wildman–Crippen MR) is 103 cm³/mol. The fourth-order valence-corrected chi connectivity index (χ4v) is 3.45. The van der Waals surface area contributed by atoms with Crippen LogP contribution in [0.2, 0.25) is 0 Å². The van der Waals surface area contributed by atoms with E-state index in [9.17, 15) is 4.79 Å². The highest BCUT2D eigenvalue weighted by atomic mass is 16.3. The maximum Gasteiger partial charge on any atom is 0.227 e. The maximum absolute atomic E-state index is 12.3. The summed E-state index contributed by atoms with van der Waals surface area (Å²) in [4.78, 5) is 16.9. The molecule has 132 valence electrons. The summed E-state index contributed by atoms with van der Waals surface area (Å²) in [6, 6.07) is 17.6. The Kier molecular flexibility index (Phi) is 4.82. The van der Waals surface area contributed by atoms with Gasteiger partial charge in [0.15, 0.2) is 0 Å². The number of amides is 1. The van der Waals surface area contributed by atoms with Crippen molar-refractivity contribution < 1.29 is 9.21 Å². The van der Waals surface area contributed by atoms with Crippen LogP contribution in [0.3, 0.4) is 0 Å². The second kappa shape index (κ2) is 7.56. The van der Waals surface area contributed by atoms with Gasteiger partial charge in [-0.1, -0.05) is 49.6 Å². The SMILES string of the molecule is O=C(Nc1ccc(-c2nc(-c3ccccc3)co2)cc1)C1CCCCC1. The summed E-state index contributed by atoms with van der Waals surface area (Å²) >= 11 is 0. The number of carbonyl (C=O) groups is 1. The third-order valence-electron chi connectivity index (χ3n) is 4.95. The Balaban J connectivity index is 1.44. The lowest BCUT2D eigenvalue weighted by Gasteiger charge is -2.20. The quantitative estimate of drug-likeness (QED) is 0.676. The summed E-state index contributed by atoms with van der Waals surface area (Å²) in [6.07, 6.45) is 7.24. The van der Waals surface area contributed by atoms with Crippen molar-refractivity contribution in [3.8, 4) is 22.7 Å². The molecule has 0 spiro atoms. The van der Waals surface area contributed by atoms with E-state index in [1.54, 1.807) is 6.26 Å². The number of benzene rings is 2. The molecule has 1 aliphatic carbocycles. The third kappa shape index (κ3) is 3.69. The van der Waals surface area contributed by atoms with Crippen molar-refractivity contribution in [2.24, 2.45) is 5.92 Å². The molecular formula is C22H22N2O2. The molecule has 3 aromatic rings. The van der Waals surface area contributed by atoms with Gasteiger partial charge in [-0.15, -0.1) is 0 Å². The van der Waals surface area contributed by atoms with Gasteiger partial charge in [-0.3, -0.25) is 4.79 Å². The van der Waals surface area contributed by atoms with E-state index < -0.39 is 0 Å². The number of nitrogens with zero attached hydrogens (tertiary/aromatic N) is 1. The molecule has 0 bridgehead atoms. The van der Waals surface area contributed by atoms with Gasteiger partial charge in [0.25, 0.3) is 0 Å². The molecule has 1 fully saturated rings. The summed E-state index contributed by atoms with van der Waals surface area (Å²) in [6.45, 7) is 0. The minimum absolute atomic E-state index is 0.139. The van der Waals surface area contributed by atoms with Crippen molar-refractivity contribution >= 4 is 11.6 Å². The summed E-state index contributed by atoms with van der Waals surface area (Å²) in [5, 5.41) is 3.03. The Morgan fingerprint density at radius 1 is 0.923 bits per heavy atom. The fraction of sp³-hybridized carbons (Fsp3) is 0.273. The van der Waals surface area contributed by atoms with Crippen molar-refractivity contribution in [1.29, 1.82) is 0 Å². The molecule has 1 heterocycles. The van der Waals surface area contributed by atoms with Gasteiger partial charge < -0.3 is 9.73 Å². The topological polar surface area (TPSA) is 55.1 Å². The summed E-state index contributed by atoms with van der Waals surface area (Å²) in [5.41, 5.74) is 3.55. The van der Waals surface area contributed by atoms with E-state index in [-0.39, 0.29) is 11.8 Å². The predicted octanol–water partition coefficient (Wildman–Crippen LogP) is 5.53. The van der Waals surface area contributed by atoms with E-state index in [1.165, 1.54) is 6.42 Å². The van der Waals surface area contributed by atoms with Gasteiger partial charge in [0.1, 0.15) is 12.0 Å². The van der Waals surface area contributed by atoms with E-state index in [4.69, 9.17) is 4.42 Å². The second-order valence-corrected chi connectivity index (χ2v) is 6.81. The average Bonchev–Trinajstić information content (AvgIpc) is 3.20. The first-order valence-electron chi connectivity index (χ1n) is 9.22. The largest absolute Gasteiger partial charge is 0.444 e. The lowest BCUT2D eigenvalue weighted by molar-refractivity contribution is -0.120. The molecule has 1 saturated carbocycles. The number of oxazole rings is 1. The zero-order valence-electron chi connectivity index (χ0n) is 14.7. The standard InChI is InChI=1S/C22H22N2O2/c25-21(17-9-5-2-6-10-17)23-19-13-11-18(12-14-19)22-24-20(15-26-22)16-7-3-1-4-8-16/h1,3-4,7-8,11-15,17H,2,5-6,9-10H2,(H,23,25). The zero-order valence-corrected chi connectivity index (χ0v) is 14.7. The van der Waals surface area contributed by atoms with Crippen LogP contribution in [0.5, 0.6) is 0 Å². The molecule has 4 nitrogen and oxygen atoms in total. The van der Waals surface area contributed by atoms with Crippen LogP contribution in [-0.4, -0.2) is 10.9 Å². The van der Waals surface area contributed by atoms with Crippen molar-refractivity contribution in [3.63, 3.8) is 0 Å². The maximum atomic E-state index is 12.3. The molecule has 4 rings (SSSR count). The molecule has 0 saturated heterocycles. The zero-order chi connectivity index (χ0) is 17.8. The smallest absolute Gasteiger partial charge is 0.227 e. The lowest BCUT2D eigenvalue weighted by atomic mass is 9.88. The Morgan fingerprint density at radius 3 is 2.38 bits per heavy atom. The minimum atomic E-state index is 0.139. The van der Waals surface area contributed by atoms with Crippen molar-refractivity contribution in [2.45, 2.75) is 32.1 Å². The Morgan fingerprint density at radius 2 is 1.65 bits per heavy atom. The molecule has 4 heteroatoms. The molecule has 1 N–H and O–H groups in total. The van der Waals surface area contributed by atoms with Gasteiger partial charge in [0, 0.05) is 22.7 Å². The van der Waals surface area contributed by atoms with E-state index in [0.717, 1.165) is 48.2 Å². The summed E-state index contributed by atoms with van der Waals surface area (Å²) in [5.74, 6) is 0.873. The van der Waals surface area contributed by atoms with E-state index in [1.807, 2.05) is 54.6 Å². The van der Waals surface area contributed by atoms with Crippen LogP contribution in [-0.2, 0) is 4.79 Å². The van der Waals surface area contributed by atoms with Crippen LogP contribution in [0.25, 0.3) is 22.7 Å². The van der Waals surface area contributed by atoms with Gasteiger partial charge >= 0.3 is 0 Å². The van der Waals surface area contributed by atoms with Crippen LogP contribution in [0.4, 0.5) is 5.69 Å². The molecule has 0 unspecified atom stereocenters. The lowest BCUT2D eigenvalue weighted by Crippen LogP contribution is -2.24. The third-order valence-corrected chi connectivity index (χ3v) is 4.95. The normalized spacial score (nSPS) is 14.9. The van der Waals surface area contributed by atoms with E-state index in [0.29, 0.717) is 5.89 Å². The molecule has 0 atom stereocenters. The van der Waals surface area contributed by atoms with Crippen LogP contribution < -0.4 is 5.32 Å². The highest BCUT2D eigenvalue weighted by Gasteiger charge is 2.21. The number of carbonyl (C=O) groups excluding carboxylic acids is 1. The minimum Gasteiger partial charge on any atom is -0.444 e. The highest BCUT2D eigenvalue weighted by Crippen LogP contribution is 2.27. The van der Waals surface area contributed by atoms with Gasteiger partial charge in [-0.25, -0.2) is 4.98 Å². The number of nitrogens with one attached hydrogen (secondary N) is 1. The number of anilines is 1. The molecule has 0 aliphatic heterocycles. The number of aromatic nitrogens is 1. The Hall–Kier alpha value is -2.88. The first-order valence-corrected chi connectivity index (χ1v) is 9.22. The molecule has 0 radical (unpaired) electrons. The highest BCUT2D eigenvalue weighted by molar-refractivity contribution is 5.92. The number of hydrogen-bond donors (Lipinski definition) is 1. The molecular weight excluding hydrogens is 324 g/mol. The molecule has 2 aromatic carbocycles. The van der Waals surface area contributed by atoms with Gasteiger partial charge in [0.2, 0.25) is 11.8 Å². The van der Waals surface area contributed by atoms with Crippen LogP contribution in [0.1, 0.15) is 32.1 Å². The van der Waals surface area contributed by atoms with E-state index in [2.05, 4.69) is 10.3 Å². The van der Waals surface area contributed by atoms with Crippen molar-refractivity contribution in [3.05, 3.63) is 60.9 Å². The van der Waals surface area contributed by atoms with Crippen LogP contribution in [0, 0.1) is 5.92 Å². The van der Waals surface area contributed by atoms with Gasteiger partial charge in [-0.2, -0.15) is 0 Å². The molecule has 26 heavy (non-hydrogen) atoms. The monoisotopic (exact) mass is 346 g/mol. The molecule has 1 aliphatic rings. The first kappa shape index (κ1) is 16.6. The first-order chi connectivity index (χ1) is 12.8. The number of rotatable bonds is 4. The van der Waals surface area contributed by atoms with Crippen LogP contribution in [0.15, 0.2) is 65.3 Å². The molecule has 1 amide bonds. The summed E-state index contributed by atoms with van der Waals surface area (Å²) < 4.78 is 5.62. The van der Waals surface area contributed by atoms with Crippen LogP contribution >= 0.6 is 0 Å². The Bertz CT molecular complexity index is 863. The van der Waals surface area contributed by atoms with Gasteiger partial charge in [0.05, 0.1) is 0 Å². The number of hydrogen-bond acceptors (Lipinski definition) is 3. The van der Waals surface area contributed by atoms with Gasteiger partial charge in [-0.05, 0) is 37.1 Å². The van der Waals surface area contributed by atoms with Crippen molar-refractivity contribution in [1.82, 2.24) is 4.98 Å². The van der Waals surface area contributed by atoms with Crippen molar-refractivity contribution in [2.75, 3.05) is 5.32 Å². The second-order valence-electron chi connectivity index (χ2n) is 6.81.